The molecule has 1 rings (SSSR count). The van der Waals surface area contributed by atoms with Crippen LogP contribution < -0.4 is 10.3 Å². The van der Waals surface area contributed by atoms with Crippen LogP contribution in [0.1, 0.15) is 0 Å². The first-order valence-electron chi connectivity index (χ1n) is 3.42. The maximum Gasteiger partial charge on any atom is 0.369 e. The van der Waals surface area contributed by atoms with Gasteiger partial charge < -0.3 is 10.3 Å². The number of para-hydroxylation sites is 1. The van der Waals surface area contributed by atoms with Gasteiger partial charge in [-0.2, -0.15) is 0 Å². The van der Waals surface area contributed by atoms with Gasteiger partial charge in [-0.25, -0.2) is 4.57 Å². The average molecular weight is 187 g/mol. The van der Waals surface area contributed by atoms with Crippen molar-refractivity contribution < 1.29 is 13.6 Å². The van der Waals surface area contributed by atoms with E-state index in [9.17, 15) is 4.57 Å². The van der Waals surface area contributed by atoms with E-state index >= 15 is 0 Å². The Kier molecular flexibility index (Phi) is 3.80. The van der Waals surface area contributed by atoms with Crippen LogP contribution in [-0.4, -0.2) is 6.73 Å². The van der Waals surface area contributed by atoms with E-state index in [4.69, 9.17) is 10.3 Å². The molecular weight excluding hydrogens is 177 g/mol. The van der Waals surface area contributed by atoms with Crippen LogP contribution in [-0.2, 0) is 9.09 Å². The van der Waals surface area contributed by atoms with Crippen molar-refractivity contribution in [2.24, 2.45) is 5.73 Å². The molecule has 0 radical (unpaired) electrons. The van der Waals surface area contributed by atoms with E-state index in [2.05, 4.69) is 4.52 Å². The van der Waals surface area contributed by atoms with Gasteiger partial charge in [0.25, 0.3) is 0 Å². The number of hydrogen-bond donors (Lipinski definition) is 1. The van der Waals surface area contributed by atoms with E-state index in [0.717, 1.165) is 0 Å². The van der Waals surface area contributed by atoms with Crippen LogP contribution in [0.5, 0.6) is 5.75 Å². The molecule has 0 aliphatic heterocycles. The molecule has 1 unspecified atom stereocenters. The first-order valence-corrected chi connectivity index (χ1v) is 4.65. The fourth-order valence-corrected chi connectivity index (χ4v) is 1.21. The van der Waals surface area contributed by atoms with Gasteiger partial charge in [-0.3, -0.25) is 4.52 Å². The molecule has 66 valence electrons. The fraction of sp³-hybridized carbons (Fsp3) is 0.143. The molecular formula is C7H10NO3P. The van der Waals surface area contributed by atoms with Crippen LogP contribution in [0.15, 0.2) is 30.3 Å². The van der Waals surface area contributed by atoms with Gasteiger partial charge in [0.05, 0.1) is 0 Å². The van der Waals surface area contributed by atoms with Crippen LogP contribution in [0, 0.1) is 0 Å². The molecule has 0 heterocycles. The molecule has 0 aromatic heterocycles. The highest BCUT2D eigenvalue weighted by molar-refractivity contribution is 7.33. The van der Waals surface area contributed by atoms with E-state index in [1.165, 1.54) is 0 Å². The maximum absolute atomic E-state index is 10.9. The summed E-state index contributed by atoms with van der Waals surface area (Å²) in [4.78, 5) is 0. The van der Waals surface area contributed by atoms with E-state index in [1.807, 2.05) is 6.07 Å². The molecule has 0 fully saturated rings. The Bertz CT molecular complexity index is 252. The number of nitrogens with two attached hydrogens (primary N) is 1. The lowest BCUT2D eigenvalue weighted by atomic mass is 10.3. The van der Waals surface area contributed by atoms with Crippen molar-refractivity contribution in [3.05, 3.63) is 30.3 Å². The molecule has 4 nitrogen and oxygen atoms in total. The molecule has 1 atom stereocenters. The summed E-state index contributed by atoms with van der Waals surface area (Å²) in [6.45, 7) is -0.0926. The quantitative estimate of drug-likeness (QED) is 0.571. The Labute approximate surface area is 71.2 Å². The molecule has 2 N–H and O–H groups in total. The highest BCUT2D eigenvalue weighted by Gasteiger charge is 1.98. The number of benzene rings is 1. The summed E-state index contributed by atoms with van der Waals surface area (Å²) < 4.78 is 20.3. The molecule has 0 saturated carbocycles. The van der Waals surface area contributed by atoms with Crippen LogP contribution >= 0.6 is 8.25 Å². The van der Waals surface area contributed by atoms with Crippen LogP contribution in [0.25, 0.3) is 0 Å². The van der Waals surface area contributed by atoms with E-state index in [-0.39, 0.29) is 6.73 Å². The summed E-state index contributed by atoms with van der Waals surface area (Å²) in [5.74, 6) is 0.523. The largest absolute Gasteiger partial charge is 0.426 e. The fourth-order valence-electron chi connectivity index (χ4n) is 0.682. The highest BCUT2D eigenvalue weighted by atomic mass is 31.1. The van der Waals surface area contributed by atoms with Gasteiger partial charge in [-0.1, -0.05) is 18.2 Å². The molecule has 1 aromatic rings. The van der Waals surface area contributed by atoms with Crippen molar-refractivity contribution in [1.29, 1.82) is 0 Å². The standard InChI is InChI=1S/C7H10NO3P/c8-6-10-12(9)11-7-4-2-1-3-5-7/h1-5,12H,6,8H2. The van der Waals surface area contributed by atoms with Gasteiger partial charge in [0.15, 0.2) is 0 Å². The minimum Gasteiger partial charge on any atom is -0.426 e. The van der Waals surface area contributed by atoms with Crippen LogP contribution in [0.4, 0.5) is 0 Å². The Morgan fingerprint density at radius 3 is 2.58 bits per heavy atom. The van der Waals surface area contributed by atoms with Gasteiger partial charge in [-0.15, -0.1) is 0 Å². The molecule has 0 aliphatic carbocycles. The van der Waals surface area contributed by atoms with E-state index in [1.54, 1.807) is 24.3 Å². The summed E-state index contributed by atoms with van der Waals surface area (Å²) in [7, 11) is -2.47. The summed E-state index contributed by atoms with van der Waals surface area (Å²) in [5.41, 5.74) is 5.01. The normalized spacial score (nSPS) is 12.4. The minimum absolute atomic E-state index is 0.0926. The van der Waals surface area contributed by atoms with Gasteiger partial charge in [-0.05, 0) is 12.1 Å². The third kappa shape index (κ3) is 3.05. The summed E-state index contributed by atoms with van der Waals surface area (Å²) >= 11 is 0. The van der Waals surface area contributed by atoms with Crippen molar-refractivity contribution in [1.82, 2.24) is 0 Å². The molecule has 0 spiro atoms. The second-order valence-corrected chi connectivity index (χ2v) is 2.97. The van der Waals surface area contributed by atoms with Crippen molar-refractivity contribution >= 4 is 8.25 Å². The zero-order valence-electron chi connectivity index (χ0n) is 6.40. The summed E-state index contributed by atoms with van der Waals surface area (Å²) in [6.07, 6.45) is 0. The Hall–Kier alpha value is -0.830. The zero-order valence-corrected chi connectivity index (χ0v) is 7.40. The van der Waals surface area contributed by atoms with Gasteiger partial charge in [0, 0.05) is 0 Å². The van der Waals surface area contributed by atoms with Gasteiger partial charge in [0.1, 0.15) is 12.5 Å². The molecule has 1 aromatic carbocycles. The monoisotopic (exact) mass is 187 g/mol. The summed E-state index contributed by atoms with van der Waals surface area (Å²) in [6, 6.07) is 8.80. The van der Waals surface area contributed by atoms with E-state index < -0.39 is 8.25 Å². The second kappa shape index (κ2) is 4.93. The van der Waals surface area contributed by atoms with Crippen molar-refractivity contribution in [2.45, 2.75) is 0 Å². The van der Waals surface area contributed by atoms with Gasteiger partial charge in [0.2, 0.25) is 0 Å². The molecule has 5 heteroatoms. The van der Waals surface area contributed by atoms with Crippen LogP contribution in [0.3, 0.4) is 0 Å². The number of rotatable bonds is 4. The lowest BCUT2D eigenvalue weighted by molar-refractivity contribution is 0.295. The lowest BCUT2D eigenvalue weighted by Gasteiger charge is -2.03. The topological polar surface area (TPSA) is 61.5 Å². The Morgan fingerprint density at radius 1 is 1.33 bits per heavy atom. The molecule has 0 aliphatic rings. The molecule has 0 bridgehead atoms. The average Bonchev–Trinajstić information content (AvgIpc) is 2.06. The zero-order chi connectivity index (χ0) is 8.81. The van der Waals surface area contributed by atoms with Crippen molar-refractivity contribution in [3.63, 3.8) is 0 Å². The highest BCUT2D eigenvalue weighted by Crippen LogP contribution is 2.26. The molecule has 0 amide bonds. The van der Waals surface area contributed by atoms with Crippen LogP contribution in [0.2, 0.25) is 0 Å². The smallest absolute Gasteiger partial charge is 0.369 e. The first-order chi connectivity index (χ1) is 5.83. The molecule has 12 heavy (non-hydrogen) atoms. The predicted molar refractivity (Wildman–Crippen MR) is 46.2 cm³/mol. The lowest BCUT2D eigenvalue weighted by Crippen LogP contribution is -1.99. The summed E-state index contributed by atoms with van der Waals surface area (Å²) in [5, 5.41) is 0. The maximum atomic E-state index is 10.9. The Morgan fingerprint density at radius 2 is 2.00 bits per heavy atom. The minimum atomic E-state index is -2.47. The van der Waals surface area contributed by atoms with Gasteiger partial charge >= 0.3 is 8.25 Å². The third-order valence-corrected chi connectivity index (χ3v) is 1.95. The van der Waals surface area contributed by atoms with E-state index in [0.29, 0.717) is 5.75 Å². The van der Waals surface area contributed by atoms with Crippen molar-refractivity contribution in [3.8, 4) is 5.75 Å². The predicted octanol–water partition coefficient (Wildman–Crippen LogP) is 1.39. The first kappa shape index (κ1) is 9.26. The third-order valence-electron chi connectivity index (χ3n) is 1.15. The SMILES string of the molecule is NCO[PH](=O)Oc1ccccc1. The Balaban J connectivity index is 2.47. The van der Waals surface area contributed by atoms with Crippen molar-refractivity contribution in [2.75, 3.05) is 6.73 Å². The molecule has 0 saturated heterocycles. The number of hydrogen-bond acceptors (Lipinski definition) is 4. The second-order valence-electron chi connectivity index (χ2n) is 1.98.